The number of nitrogens with one attached hydrogen (secondary N) is 2. The van der Waals surface area contributed by atoms with Crippen LogP contribution >= 0.6 is 23.2 Å². The number of carbonyl (C=O) groups excluding carboxylic acids is 2. The molecule has 0 bridgehead atoms. The average molecular weight is 1080 g/mol. The van der Waals surface area contributed by atoms with Crippen LogP contribution in [0.4, 0.5) is 27.6 Å². The Bertz CT molecular complexity index is 2240. The van der Waals surface area contributed by atoms with Crippen LogP contribution in [-0.2, 0) is 52.9 Å². The van der Waals surface area contributed by atoms with Crippen molar-refractivity contribution in [2.24, 2.45) is 5.41 Å². The number of esters is 1. The topological polar surface area (TPSA) is 223 Å². The maximum atomic E-state index is 16.1. The molecule has 24 heteroatoms. The zero-order valence-electron chi connectivity index (χ0n) is 40.8. The molecule has 1 fully saturated rings. The molecule has 1 heterocycles. The summed E-state index contributed by atoms with van der Waals surface area (Å²) in [7, 11) is 1.36. The minimum atomic E-state index is -5.08. The zero-order valence-corrected chi connectivity index (χ0v) is 42.3. The van der Waals surface area contributed by atoms with E-state index in [1.807, 2.05) is 20.8 Å². The first-order chi connectivity index (χ1) is 34.7. The molecule has 406 valence electrons. The number of carbonyl (C=O) groups is 3. The van der Waals surface area contributed by atoms with Crippen molar-refractivity contribution in [3.8, 4) is 11.8 Å². The van der Waals surface area contributed by atoms with Crippen molar-refractivity contribution in [2.45, 2.75) is 56.8 Å². The van der Waals surface area contributed by atoms with Gasteiger partial charge in [0.2, 0.25) is 5.91 Å². The number of hydrogen-bond donors (Lipinski definition) is 4. The zero-order chi connectivity index (χ0) is 54.0. The molecule has 0 saturated carbocycles. The Balaban J connectivity index is 0.00000187. The molecule has 1 saturated heterocycles. The van der Waals surface area contributed by atoms with Gasteiger partial charge in [-0.15, -0.1) is 0 Å². The minimum absolute atomic E-state index is 0.00697. The number of methoxy groups -OCH3 is 1. The monoisotopic (exact) mass is 1080 g/mol. The molecule has 0 radical (unpaired) electrons. The van der Waals surface area contributed by atoms with Crippen molar-refractivity contribution in [1.82, 2.24) is 5.32 Å². The van der Waals surface area contributed by atoms with Crippen LogP contribution in [0.15, 0.2) is 54.6 Å². The van der Waals surface area contributed by atoms with Crippen molar-refractivity contribution < 1.29 is 89.2 Å². The first kappa shape index (κ1) is 62.5. The smallest absolute Gasteiger partial charge is 0.490 e. The normalized spacial score (nSPS) is 17.6. The lowest BCUT2D eigenvalue weighted by Gasteiger charge is -2.37. The molecule has 0 aliphatic carbocycles. The molecule has 4 rings (SSSR count). The van der Waals surface area contributed by atoms with Crippen LogP contribution < -0.4 is 15.4 Å². The summed E-state index contributed by atoms with van der Waals surface area (Å²) in [5, 5.41) is 32.9. The van der Waals surface area contributed by atoms with E-state index in [1.165, 1.54) is 55.6 Å². The van der Waals surface area contributed by atoms with Crippen LogP contribution in [-0.4, -0.2) is 159 Å². The predicted molar refractivity (Wildman–Crippen MR) is 256 cm³/mol. The predicted octanol–water partition coefficient (Wildman–Crippen LogP) is 7.14. The quantitative estimate of drug-likeness (QED) is 0.0296. The fourth-order valence-electron chi connectivity index (χ4n) is 7.45. The van der Waals surface area contributed by atoms with Crippen LogP contribution in [0.25, 0.3) is 0 Å². The first-order valence-electron chi connectivity index (χ1n) is 22.9. The third-order valence-corrected chi connectivity index (χ3v) is 11.1. The van der Waals surface area contributed by atoms with E-state index in [0.717, 1.165) is 6.07 Å². The SMILES string of the molecule is COc1cc(C(=O)OCCOCCOCCOCCOCCOCCOCCOCCO)ccc1NC(=O)[C@@H]1N[C@@H](CC(C)(C)C)[C@](C#N)(c2ccc(Cl)cc2F)[C@H]1c1cccc(Cl)c1F.O=C(O)C(F)(F)F. The maximum absolute atomic E-state index is 16.1. The van der Waals surface area contributed by atoms with Crippen molar-refractivity contribution in [1.29, 1.82) is 5.26 Å². The molecular weight excluding hydrogens is 1020 g/mol. The van der Waals surface area contributed by atoms with Crippen molar-refractivity contribution in [3.63, 3.8) is 0 Å². The van der Waals surface area contributed by atoms with Crippen LogP contribution in [0.2, 0.25) is 10.0 Å². The number of nitriles is 1. The van der Waals surface area contributed by atoms with Gasteiger partial charge in [0.25, 0.3) is 0 Å². The highest BCUT2D eigenvalue weighted by atomic mass is 35.5. The Hall–Kier alpha value is -4.77. The molecule has 1 amide bonds. The number of aliphatic carboxylic acids is 1. The number of benzene rings is 3. The molecule has 17 nitrogen and oxygen atoms in total. The number of nitrogens with zero attached hydrogens (tertiary/aromatic N) is 1. The summed E-state index contributed by atoms with van der Waals surface area (Å²) in [5.74, 6) is -6.88. The molecule has 3 aromatic rings. The largest absolute Gasteiger partial charge is 0.495 e. The van der Waals surface area contributed by atoms with Gasteiger partial charge in [0.1, 0.15) is 29.4 Å². The lowest BCUT2D eigenvalue weighted by molar-refractivity contribution is -0.192. The number of anilines is 1. The van der Waals surface area contributed by atoms with Gasteiger partial charge in [0.15, 0.2) is 0 Å². The number of halogens is 7. The lowest BCUT2D eigenvalue weighted by atomic mass is 9.62. The minimum Gasteiger partial charge on any atom is -0.495 e. The van der Waals surface area contributed by atoms with Gasteiger partial charge in [-0.1, -0.05) is 62.2 Å². The van der Waals surface area contributed by atoms with Gasteiger partial charge in [-0.25, -0.2) is 18.4 Å². The first-order valence-corrected chi connectivity index (χ1v) is 23.6. The summed E-state index contributed by atoms with van der Waals surface area (Å²) in [4.78, 5) is 36.3. The van der Waals surface area contributed by atoms with Gasteiger partial charge in [0.05, 0.1) is 135 Å². The van der Waals surface area contributed by atoms with E-state index in [-0.39, 0.29) is 64.6 Å². The number of hydrogen-bond acceptors (Lipinski definition) is 15. The fourth-order valence-corrected chi connectivity index (χ4v) is 7.79. The molecule has 4 atom stereocenters. The summed E-state index contributed by atoms with van der Waals surface area (Å²) >= 11 is 12.4. The number of aliphatic hydroxyl groups excluding tert-OH is 1. The summed E-state index contributed by atoms with van der Waals surface area (Å²) < 4.78 is 113. The molecule has 3 aromatic carbocycles. The van der Waals surface area contributed by atoms with Gasteiger partial charge in [-0.3, -0.25) is 4.79 Å². The van der Waals surface area contributed by atoms with E-state index < -0.39 is 64.5 Å². The summed E-state index contributed by atoms with van der Waals surface area (Å²) in [6.07, 6.45) is -4.79. The summed E-state index contributed by atoms with van der Waals surface area (Å²) in [6.45, 7) is 11.0. The second-order valence-corrected chi connectivity index (χ2v) is 17.9. The van der Waals surface area contributed by atoms with Crippen molar-refractivity contribution >= 4 is 46.7 Å². The molecular formula is C49H62Cl2F5N3O14. The summed E-state index contributed by atoms with van der Waals surface area (Å²) in [5.41, 5.74) is -2.04. The summed E-state index contributed by atoms with van der Waals surface area (Å²) in [6, 6.07) is 12.7. The van der Waals surface area contributed by atoms with E-state index in [9.17, 15) is 28.0 Å². The number of rotatable bonds is 30. The fraction of sp³-hybridized carbons (Fsp3) is 0.551. The molecule has 0 aromatic heterocycles. The Kier molecular flexibility index (Phi) is 27.3. The highest BCUT2D eigenvalue weighted by Crippen LogP contribution is 2.53. The number of amides is 1. The van der Waals surface area contributed by atoms with E-state index in [1.54, 1.807) is 0 Å². The maximum Gasteiger partial charge on any atom is 0.490 e. The Morgan fingerprint density at radius 1 is 0.767 bits per heavy atom. The molecule has 4 N–H and O–H groups in total. The Labute approximate surface area is 430 Å². The molecule has 0 spiro atoms. The highest BCUT2D eigenvalue weighted by molar-refractivity contribution is 6.31. The lowest BCUT2D eigenvalue weighted by Crippen LogP contribution is -2.45. The van der Waals surface area contributed by atoms with Gasteiger partial charge in [-0.05, 0) is 53.8 Å². The van der Waals surface area contributed by atoms with Crippen LogP contribution in [0.1, 0.15) is 54.6 Å². The molecule has 73 heavy (non-hydrogen) atoms. The number of aliphatic hydroxyl groups is 1. The third-order valence-electron chi connectivity index (χ3n) is 10.6. The van der Waals surface area contributed by atoms with Crippen LogP contribution in [0, 0.1) is 28.4 Å². The van der Waals surface area contributed by atoms with Gasteiger partial charge >= 0.3 is 18.1 Å². The number of ether oxygens (including phenoxy) is 9. The second-order valence-electron chi connectivity index (χ2n) is 17.0. The average Bonchev–Trinajstić information content (AvgIpc) is 3.65. The number of carboxylic acid groups (broad SMARTS) is 1. The second kappa shape index (κ2) is 31.8. The van der Waals surface area contributed by atoms with Gasteiger partial charge in [0, 0.05) is 22.5 Å². The third kappa shape index (κ3) is 20.5. The van der Waals surface area contributed by atoms with Gasteiger partial charge in [-0.2, -0.15) is 18.4 Å². The number of alkyl halides is 3. The van der Waals surface area contributed by atoms with E-state index >= 15 is 8.78 Å². The van der Waals surface area contributed by atoms with Crippen LogP contribution in [0.5, 0.6) is 5.75 Å². The van der Waals surface area contributed by atoms with Crippen molar-refractivity contribution in [3.05, 3.63) is 93.0 Å². The Morgan fingerprint density at radius 2 is 1.27 bits per heavy atom. The number of carboxylic acids is 1. The van der Waals surface area contributed by atoms with E-state index in [2.05, 4.69) is 16.7 Å². The van der Waals surface area contributed by atoms with E-state index in [0.29, 0.717) is 85.7 Å². The highest BCUT2D eigenvalue weighted by Gasteiger charge is 2.61. The van der Waals surface area contributed by atoms with Gasteiger partial charge < -0.3 is 63.5 Å². The standard InChI is InChI=1S/C47H61Cl2F2N3O12.C2HF3O2/c1-46(2,3)30-40-47(31-52,35-10-9-33(48)29-37(35)50)41(34-6-5-7-36(49)42(34)51)43(54-40)44(56)53-38-11-8-32(28-39(38)58-4)45(57)66-27-26-65-25-24-64-23-22-63-21-20-62-19-18-61-17-16-60-15-14-59-13-12-55;3-2(4,5)1(6)7/h5-11,28-29,40-41,43,54-55H,12-27,30H2,1-4H3,(H,53,56);(H,6,7)/t40-,41-,43+,47-;/m0./s1. The molecule has 0 unspecified atom stereocenters. The Morgan fingerprint density at radius 3 is 1.73 bits per heavy atom. The molecule has 1 aliphatic heterocycles. The van der Waals surface area contributed by atoms with Crippen molar-refractivity contribution in [2.75, 3.05) is 118 Å². The van der Waals surface area contributed by atoms with E-state index in [4.69, 9.17) is 80.8 Å². The molecule has 1 aliphatic rings. The van der Waals surface area contributed by atoms with Crippen LogP contribution in [0.3, 0.4) is 0 Å².